The topological polar surface area (TPSA) is 88.2 Å². The number of sulfonamides is 1. The van der Waals surface area contributed by atoms with Crippen molar-refractivity contribution in [2.24, 2.45) is 0 Å². The molecule has 0 spiro atoms. The summed E-state index contributed by atoms with van der Waals surface area (Å²) in [5, 5.41) is 2.53. The van der Waals surface area contributed by atoms with Crippen molar-refractivity contribution in [2.45, 2.75) is 11.8 Å². The van der Waals surface area contributed by atoms with Crippen LogP contribution in [0.3, 0.4) is 0 Å². The van der Waals surface area contributed by atoms with Crippen molar-refractivity contribution in [2.75, 3.05) is 10.0 Å². The molecule has 0 aliphatic carbocycles. The van der Waals surface area contributed by atoms with E-state index in [1.807, 2.05) is 0 Å². The van der Waals surface area contributed by atoms with Crippen LogP contribution in [-0.4, -0.2) is 19.3 Å². The third-order valence-corrected chi connectivity index (χ3v) is 3.84. The average Bonchev–Trinajstić information content (AvgIpc) is 2.38. The van der Waals surface area contributed by atoms with Crippen molar-refractivity contribution in [3.05, 3.63) is 48.5 Å². The normalized spacial score (nSPS) is 11.0. The first kappa shape index (κ1) is 14.9. The summed E-state index contributed by atoms with van der Waals surface area (Å²) < 4.78 is 39.4. The Morgan fingerprint density at radius 2 is 1.81 bits per heavy atom. The van der Waals surface area contributed by atoms with E-state index in [4.69, 9.17) is 0 Å². The minimum atomic E-state index is -3.84. The number of carbonyl (C=O) groups is 1. The van der Waals surface area contributed by atoms with Gasteiger partial charge in [-0.25, -0.2) is 12.8 Å². The molecule has 0 aliphatic rings. The van der Waals surface area contributed by atoms with Crippen LogP contribution in [0.15, 0.2) is 47.6 Å². The van der Waals surface area contributed by atoms with Crippen molar-refractivity contribution >= 4 is 27.3 Å². The summed E-state index contributed by atoms with van der Waals surface area (Å²) in [7, 11) is -3.84. The van der Waals surface area contributed by atoms with Gasteiger partial charge in [0.05, 0.1) is 23.0 Å². The second-order valence-electron chi connectivity index (χ2n) is 4.20. The van der Waals surface area contributed by atoms with E-state index in [0.29, 0.717) is 5.69 Å². The summed E-state index contributed by atoms with van der Waals surface area (Å²) in [5.74, 6) is -0.897. The quantitative estimate of drug-likeness (QED) is 0.904. The molecule has 2 rings (SSSR count). The Morgan fingerprint density at radius 1 is 1.14 bits per heavy atom. The Bertz CT molecular complexity index is 760. The lowest BCUT2D eigenvalue weighted by molar-refractivity contribution is -0.114. The van der Waals surface area contributed by atoms with Gasteiger partial charge in [-0.1, -0.05) is 0 Å². The monoisotopic (exact) mass is 309 g/mol. The SMILES string of the molecule is CC(=O)Nc1ccc(S(=O)(=O)Nc2cncc(F)c2)cc1. The molecule has 0 atom stereocenters. The van der Waals surface area contributed by atoms with Gasteiger partial charge in [0.1, 0.15) is 5.82 Å². The van der Waals surface area contributed by atoms with Gasteiger partial charge in [0.25, 0.3) is 10.0 Å². The number of amides is 1. The Morgan fingerprint density at radius 3 is 2.38 bits per heavy atom. The number of carbonyl (C=O) groups excluding carboxylic acids is 1. The number of aromatic nitrogens is 1. The van der Waals surface area contributed by atoms with Crippen LogP contribution < -0.4 is 10.0 Å². The van der Waals surface area contributed by atoms with E-state index < -0.39 is 15.8 Å². The van der Waals surface area contributed by atoms with Crippen molar-refractivity contribution in [3.8, 4) is 0 Å². The number of halogens is 1. The molecule has 2 aromatic rings. The average molecular weight is 309 g/mol. The third kappa shape index (κ3) is 3.99. The summed E-state index contributed by atoms with van der Waals surface area (Å²) in [6.45, 7) is 1.35. The molecule has 0 saturated heterocycles. The zero-order valence-electron chi connectivity index (χ0n) is 11.0. The molecular formula is C13H12FN3O3S. The Balaban J connectivity index is 2.21. The number of anilines is 2. The van der Waals surface area contributed by atoms with E-state index in [9.17, 15) is 17.6 Å². The molecular weight excluding hydrogens is 297 g/mol. The molecule has 6 nitrogen and oxygen atoms in total. The molecule has 8 heteroatoms. The Hall–Kier alpha value is -2.48. The number of nitrogens with one attached hydrogen (secondary N) is 2. The molecule has 0 bridgehead atoms. The lowest BCUT2D eigenvalue weighted by Crippen LogP contribution is -2.13. The number of rotatable bonds is 4. The first-order valence-corrected chi connectivity index (χ1v) is 7.36. The van der Waals surface area contributed by atoms with Crippen LogP contribution in [0, 0.1) is 5.82 Å². The van der Waals surface area contributed by atoms with Crippen LogP contribution >= 0.6 is 0 Å². The van der Waals surface area contributed by atoms with Crippen LogP contribution in [0.5, 0.6) is 0 Å². The first-order chi connectivity index (χ1) is 9.87. The highest BCUT2D eigenvalue weighted by molar-refractivity contribution is 7.92. The first-order valence-electron chi connectivity index (χ1n) is 5.88. The highest BCUT2D eigenvalue weighted by atomic mass is 32.2. The van der Waals surface area contributed by atoms with Crippen molar-refractivity contribution in [1.82, 2.24) is 4.98 Å². The van der Waals surface area contributed by atoms with Crippen molar-refractivity contribution < 1.29 is 17.6 Å². The van der Waals surface area contributed by atoms with Crippen LogP contribution in [0.1, 0.15) is 6.92 Å². The molecule has 0 aliphatic heterocycles. The lowest BCUT2D eigenvalue weighted by atomic mass is 10.3. The molecule has 1 aromatic carbocycles. The summed E-state index contributed by atoms with van der Waals surface area (Å²) in [6, 6.07) is 6.61. The summed E-state index contributed by atoms with van der Waals surface area (Å²) >= 11 is 0. The van der Waals surface area contributed by atoms with Crippen LogP contribution in [-0.2, 0) is 14.8 Å². The molecule has 0 fully saturated rings. The molecule has 2 N–H and O–H groups in total. The van der Waals surface area contributed by atoms with E-state index in [2.05, 4.69) is 15.0 Å². The van der Waals surface area contributed by atoms with Gasteiger partial charge in [0.2, 0.25) is 5.91 Å². The summed E-state index contributed by atoms with van der Waals surface area (Å²) in [4.78, 5) is 14.4. The van der Waals surface area contributed by atoms with Gasteiger partial charge in [-0.2, -0.15) is 0 Å². The van der Waals surface area contributed by atoms with Gasteiger partial charge in [0, 0.05) is 18.7 Å². The largest absolute Gasteiger partial charge is 0.326 e. The lowest BCUT2D eigenvalue weighted by Gasteiger charge is -2.08. The highest BCUT2D eigenvalue weighted by Crippen LogP contribution is 2.18. The van der Waals surface area contributed by atoms with Gasteiger partial charge < -0.3 is 5.32 Å². The highest BCUT2D eigenvalue weighted by Gasteiger charge is 2.14. The second-order valence-corrected chi connectivity index (χ2v) is 5.89. The van der Waals surface area contributed by atoms with E-state index >= 15 is 0 Å². The number of hydrogen-bond acceptors (Lipinski definition) is 4. The fraction of sp³-hybridized carbons (Fsp3) is 0.0769. The van der Waals surface area contributed by atoms with E-state index in [1.54, 1.807) is 0 Å². The van der Waals surface area contributed by atoms with Gasteiger partial charge in [-0.3, -0.25) is 14.5 Å². The number of hydrogen-bond donors (Lipinski definition) is 2. The fourth-order valence-electron chi connectivity index (χ4n) is 1.60. The maximum Gasteiger partial charge on any atom is 0.261 e. The molecule has 110 valence electrons. The zero-order valence-corrected chi connectivity index (χ0v) is 11.8. The standard InChI is InChI=1S/C13H12FN3O3S/c1-9(18)16-11-2-4-13(5-3-11)21(19,20)17-12-6-10(14)7-15-8-12/h2-8,17H,1H3,(H,16,18). The third-order valence-electron chi connectivity index (χ3n) is 2.44. The number of pyridine rings is 1. The maximum atomic E-state index is 13.0. The molecule has 21 heavy (non-hydrogen) atoms. The van der Waals surface area contributed by atoms with E-state index in [1.165, 1.54) is 37.4 Å². The molecule has 1 heterocycles. The van der Waals surface area contributed by atoms with Crippen molar-refractivity contribution in [3.63, 3.8) is 0 Å². The second kappa shape index (κ2) is 5.88. The molecule has 0 saturated carbocycles. The van der Waals surface area contributed by atoms with Crippen LogP contribution in [0.4, 0.5) is 15.8 Å². The van der Waals surface area contributed by atoms with Crippen LogP contribution in [0.2, 0.25) is 0 Å². The minimum Gasteiger partial charge on any atom is -0.326 e. The number of benzene rings is 1. The molecule has 1 aromatic heterocycles. The van der Waals surface area contributed by atoms with E-state index in [0.717, 1.165) is 12.3 Å². The predicted molar refractivity (Wildman–Crippen MR) is 75.7 cm³/mol. The fourth-order valence-corrected chi connectivity index (χ4v) is 2.64. The minimum absolute atomic E-state index is 0.0131. The predicted octanol–water partition coefficient (Wildman–Crippen LogP) is 1.98. The summed E-state index contributed by atoms with van der Waals surface area (Å²) in [6.07, 6.45) is 2.17. The maximum absolute atomic E-state index is 13.0. The Labute approximate surface area is 121 Å². The number of nitrogens with zero attached hydrogens (tertiary/aromatic N) is 1. The smallest absolute Gasteiger partial charge is 0.261 e. The van der Waals surface area contributed by atoms with Crippen LogP contribution in [0.25, 0.3) is 0 Å². The van der Waals surface area contributed by atoms with Gasteiger partial charge >= 0.3 is 0 Å². The van der Waals surface area contributed by atoms with Gasteiger partial charge in [0.15, 0.2) is 0 Å². The van der Waals surface area contributed by atoms with Gasteiger partial charge in [-0.15, -0.1) is 0 Å². The molecule has 0 radical (unpaired) electrons. The molecule has 1 amide bonds. The van der Waals surface area contributed by atoms with Gasteiger partial charge in [-0.05, 0) is 24.3 Å². The van der Waals surface area contributed by atoms with Crippen molar-refractivity contribution in [1.29, 1.82) is 0 Å². The van der Waals surface area contributed by atoms with E-state index in [-0.39, 0.29) is 16.5 Å². The zero-order chi connectivity index (χ0) is 15.5. The Kier molecular flexibility index (Phi) is 4.18. The summed E-state index contributed by atoms with van der Waals surface area (Å²) in [5.41, 5.74) is 0.509. The molecule has 0 unspecified atom stereocenters.